The number of halogens is 2. The molecule has 64 heavy (non-hydrogen) atoms. The summed E-state index contributed by atoms with van der Waals surface area (Å²) >= 11 is 7.38. The molecule has 0 bridgehead atoms. The van der Waals surface area contributed by atoms with E-state index >= 15 is 0 Å². The molecule has 0 fully saturated rings. The first-order valence-corrected chi connectivity index (χ1v) is 23.1. The van der Waals surface area contributed by atoms with Crippen LogP contribution >= 0.6 is 31.9 Å². The number of hydrogen-bond acceptors (Lipinski definition) is 0. The Bertz CT molecular complexity index is 3910. The molecule has 0 amide bonds. The topological polar surface area (TPSA) is 9.86 Å². The fourth-order valence-electron chi connectivity index (χ4n) is 9.87. The van der Waals surface area contributed by atoms with Crippen LogP contribution in [0, 0.1) is 0 Å². The average Bonchev–Trinajstić information content (AvgIpc) is 3.85. The highest BCUT2D eigenvalue weighted by Crippen LogP contribution is 2.42. The quantitative estimate of drug-likeness (QED) is 0.156. The maximum atomic E-state index is 3.70. The van der Waals surface area contributed by atoms with Gasteiger partial charge in [0.05, 0.1) is 22.1 Å². The van der Waals surface area contributed by atoms with E-state index in [2.05, 4.69) is 272 Å². The normalized spacial score (nSPS) is 11.6. The zero-order valence-electron chi connectivity index (χ0n) is 34.6. The van der Waals surface area contributed by atoms with Gasteiger partial charge in [0, 0.05) is 41.9 Å². The molecule has 4 heteroatoms. The van der Waals surface area contributed by atoms with Gasteiger partial charge in [0.15, 0.2) is 0 Å². The molecular weight excluding hydrogens is 908 g/mol. The van der Waals surface area contributed by atoms with Crippen LogP contribution in [0.15, 0.2) is 239 Å². The van der Waals surface area contributed by atoms with E-state index in [1.807, 2.05) is 0 Å². The molecule has 2 heterocycles. The van der Waals surface area contributed by atoms with Crippen LogP contribution in [-0.2, 0) is 0 Å². The summed E-state index contributed by atoms with van der Waals surface area (Å²) in [6.45, 7) is 0. The Morgan fingerprint density at radius 3 is 1.14 bits per heavy atom. The highest BCUT2D eigenvalue weighted by molar-refractivity contribution is 9.10. The van der Waals surface area contributed by atoms with E-state index in [1.54, 1.807) is 0 Å². The Morgan fingerprint density at radius 1 is 0.234 bits per heavy atom. The summed E-state index contributed by atoms with van der Waals surface area (Å²) in [5, 5.41) is 12.9. The van der Waals surface area contributed by atoms with E-state index in [4.69, 9.17) is 0 Å². The van der Waals surface area contributed by atoms with Crippen LogP contribution < -0.4 is 0 Å². The van der Waals surface area contributed by atoms with Crippen molar-refractivity contribution in [1.82, 2.24) is 9.13 Å². The lowest BCUT2D eigenvalue weighted by atomic mass is 9.93. The van der Waals surface area contributed by atoms with Crippen molar-refractivity contribution in [1.29, 1.82) is 0 Å². The Morgan fingerprint density at radius 2 is 0.609 bits per heavy atom. The van der Waals surface area contributed by atoms with Gasteiger partial charge in [-0.15, -0.1) is 0 Å². The van der Waals surface area contributed by atoms with Crippen LogP contribution in [0.5, 0.6) is 0 Å². The largest absolute Gasteiger partial charge is 0.309 e. The van der Waals surface area contributed by atoms with Gasteiger partial charge >= 0.3 is 0 Å². The number of fused-ring (bicyclic) bond motifs is 12. The van der Waals surface area contributed by atoms with Gasteiger partial charge in [0.25, 0.3) is 0 Å². The number of para-hydroxylation sites is 2. The van der Waals surface area contributed by atoms with Crippen LogP contribution in [0.4, 0.5) is 0 Å². The minimum absolute atomic E-state index is 1.09. The minimum Gasteiger partial charge on any atom is -0.309 e. The summed E-state index contributed by atoms with van der Waals surface area (Å²) in [7, 11) is 0. The van der Waals surface area contributed by atoms with Crippen molar-refractivity contribution in [2.75, 3.05) is 0 Å². The summed E-state index contributed by atoms with van der Waals surface area (Å²) in [5.74, 6) is 0. The van der Waals surface area contributed by atoms with Crippen molar-refractivity contribution in [3.63, 3.8) is 0 Å². The van der Waals surface area contributed by atoms with Gasteiger partial charge < -0.3 is 9.13 Å². The molecule has 0 atom stereocenters. The SMILES string of the molecule is Brc1ccc2c(c1)c1cc(-c3ccccc3-c3ccccc3)ccc1n2-c1ccccc1.Brc1ccc2c(c1)c1cc3c4ccccc4c4ccccc4c3cc1n2-c1ccccc1. The number of hydrogen-bond donors (Lipinski definition) is 0. The Labute approximate surface area is 387 Å². The zero-order valence-corrected chi connectivity index (χ0v) is 37.8. The molecule has 13 rings (SSSR count). The van der Waals surface area contributed by atoms with Crippen LogP contribution in [-0.4, -0.2) is 9.13 Å². The van der Waals surface area contributed by atoms with Gasteiger partial charge in [-0.3, -0.25) is 0 Å². The van der Waals surface area contributed by atoms with Crippen LogP contribution in [0.3, 0.4) is 0 Å². The molecule has 0 N–H and O–H groups in total. The molecule has 0 unspecified atom stereocenters. The first kappa shape index (κ1) is 38.4. The molecule has 0 spiro atoms. The number of benzene rings is 11. The third kappa shape index (κ3) is 6.44. The highest BCUT2D eigenvalue weighted by Gasteiger charge is 2.18. The molecule has 13 aromatic rings. The van der Waals surface area contributed by atoms with E-state index in [0.717, 1.165) is 8.95 Å². The van der Waals surface area contributed by atoms with Crippen molar-refractivity contribution in [2.45, 2.75) is 0 Å². The van der Waals surface area contributed by atoms with Crippen LogP contribution in [0.2, 0.25) is 0 Å². The molecule has 2 nitrogen and oxygen atoms in total. The molecule has 0 saturated heterocycles. The lowest BCUT2D eigenvalue weighted by Crippen LogP contribution is -1.93. The van der Waals surface area contributed by atoms with Crippen molar-refractivity contribution in [3.05, 3.63) is 239 Å². The fourth-order valence-corrected chi connectivity index (χ4v) is 10.6. The second kappa shape index (κ2) is 15.8. The number of aromatic nitrogens is 2. The van der Waals surface area contributed by atoms with Gasteiger partial charge in [-0.2, -0.15) is 0 Å². The maximum Gasteiger partial charge on any atom is 0.0547 e. The third-order valence-electron chi connectivity index (χ3n) is 12.7. The molecule has 0 aliphatic heterocycles. The highest BCUT2D eigenvalue weighted by atomic mass is 79.9. The van der Waals surface area contributed by atoms with E-state index in [9.17, 15) is 0 Å². The third-order valence-corrected chi connectivity index (χ3v) is 13.7. The summed E-state index contributed by atoms with van der Waals surface area (Å²) in [6.07, 6.45) is 0. The predicted octanol–water partition coefficient (Wildman–Crippen LogP) is 17.9. The summed E-state index contributed by atoms with van der Waals surface area (Å²) in [6, 6.07) is 82.8. The van der Waals surface area contributed by atoms with E-state index in [1.165, 1.54) is 110 Å². The second-order valence-electron chi connectivity index (χ2n) is 16.3. The van der Waals surface area contributed by atoms with Gasteiger partial charge in [-0.05, 0) is 140 Å². The van der Waals surface area contributed by atoms with Gasteiger partial charge in [0.2, 0.25) is 0 Å². The molecule has 302 valence electrons. The van der Waals surface area contributed by atoms with Gasteiger partial charge in [-0.25, -0.2) is 0 Å². The van der Waals surface area contributed by atoms with E-state index in [-0.39, 0.29) is 0 Å². The summed E-state index contributed by atoms with van der Waals surface area (Å²) < 4.78 is 6.93. The lowest BCUT2D eigenvalue weighted by Gasteiger charge is -2.12. The molecule has 0 aliphatic rings. The predicted molar refractivity (Wildman–Crippen MR) is 280 cm³/mol. The summed E-state index contributed by atoms with van der Waals surface area (Å²) in [4.78, 5) is 0. The molecule has 0 saturated carbocycles. The monoisotopic (exact) mass is 944 g/mol. The Kier molecular flexibility index (Phi) is 9.51. The minimum atomic E-state index is 1.09. The first-order chi connectivity index (χ1) is 31.6. The van der Waals surface area contributed by atoms with Crippen LogP contribution in [0.1, 0.15) is 0 Å². The fraction of sp³-hybridized carbons (Fsp3) is 0. The van der Waals surface area contributed by atoms with E-state index in [0.29, 0.717) is 0 Å². The Hall–Kier alpha value is -7.24. The zero-order chi connectivity index (χ0) is 42.7. The van der Waals surface area contributed by atoms with Crippen molar-refractivity contribution >= 4 is 108 Å². The van der Waals surface area contributed by atoms with Gasteiger partial charge in [0.1, 0.15) is 0 Å². The van der Waals surface area contributed by atoms with Gasteiger partial charge in [-0.1, -0.05) is 177 Å². The smallest absolute Gasteiger partial charge is 0.0547 e. The first-order valence-electron chi connectivity index (χ1n) is 21.6. The standard InChI is InChI=1S/C30H18BrN.C30H20BrN/c31-19-14-15-29-27(16-19)28-17-25-23-12-6-4-10-21(23)22-11-5-7-13-24(22)26(25)18-30(28)32(29)20-8-2-1-3-9-20;31-23-16-18-30-28(20-23)27-19-22(15-17-29(27)32(30)24-11-5-2-6-12-24)26-14-8-7-13-25(26)21-9-3-1-4-10-21/h1-18H;1-20H. The second-order valence-corrected chi connectivity index (χ2v) is 18.1. The number of rotatable bonds is 4. The van der Waals surface area contributed by atoms with E-state index < -0.39 is 0 Å². The number of nitrogens with zero attached hydrogens (tertiary/aromatic N) is 2. The molecular formula is C60H38Br2N2. The van der Waals surface area contributed by atoms with Crippen molar-refractivity contribution in [3.8, 4) is 33.6 Å². The van der Waals surface area contributed by atoms with Crippen LogP contribution in [0.25, 0.3) is 110 Å². The molecule has 0 radical (unpaired) electrons. The lowest BCUT2D eigenvalue weighted by molar-refractivity contribution is 1.18. The van der Waals surface area contributed by atoms with Crippen molar-refractivity contribution in [2.24, 2.45) is 0 Å². The Balaban J connectivity index is 0.000000135. The average molecular weight is 947 g/mol. The molecule has 2 aromatic heterocycles. The molecule has 0 aliphatic carbocycles. The summed E-state index contributed by atoms with van der Waals surface area (Å²) in [5.41, 5.74) is 12.2. The molecule has 11 aromatic carbocycles. The maximum absolute atomic E-state index is 3.70. The van der Waals surface area contributed by atoms with Crippen molar-refractivity contribution < 1.29 is 0 Å².